The van der Waals surface area contributed by atoms with Crippen LogP contribution in [0.4, 0.5) is 11.5 Å². The molecule has 0 aliphatic rings. The summed E-state index contributed by atoms with van der Waals surface area (Å²) in [4.78, 5) is 19.5. The number of rotatable bonds is 4. The largest absolute Gasteiger partial charge is 0.465 e. The number of hydrogen-bond donors (Lipinski definition) is 2. The number of fused-ring (bicyclic) bond motifs is 1. The van der Waals surface area contributed by atoms with Gasteiger partial charge in [0.25, 0.3) is 0 Å². The van der Waals surface area contributed by atoms with Crippen LogP contribution in [-0.4, -0.2) is 29.1 Å². The van der Waals surface area contributed by atoms with Gasteiger partial charge in [0, 0.05) is 11.1 Å². The molecule has 1 aromatic carbocycles. The number of aromatic nitrogens is 2. The fourth-order valence-electron chi connectivity index (χ4n) is 1.58. The van der Waals surface area contributed by atoms with Crippen LogP contribution in [0.2, 0.25) is 0 Å². The van der Waals surface area contributed by atoms with Crippen LogP contribution in [0.3, 0.4) is 0 Å². The van der Waals surface area contributed by atoms with Gasteiger partial charge in [-0.15, -0.1) is 0 Å². The SMILES string of the molecule is CCOC(=O)CNc1ncnc2cc(N)ccc12. The molecule has 18 heavy (non-hydrogen) atoms. The average Bonchev–Trinajstić information content (AvgIpc) is 2.36. The van der Waals surface area contributed by atoms with Crippen LogP contribution in [0.15, 0.2) is 24.5 Å². The van der Waals surface area contributed by atoms with Crippen LogP contribution in [0.1, 0.15) is 6.92 Å². The van der Waals surface area contributed by atoms with Crippen LogP contribution < -0.4 is 11.1 Å². The molecule has 1 aromatic heterocycles. The van der Waals surface area contributed by atoms with Crippen LogP contribution in [0.25, 0.3) is 10.9 Å². The molecule has 0 amide bonds. The van der Waals surface area contributed by atoms with E-state index in [1.54, 1.807) is 19.1 Å². The summed E-state index contributed by atoms with van der Waals surface area (Å²) in [5.41, 5.74) is 7.05. The number of carbonyl (C=O) groups is 1. The summed E-state index contributed by atoms with van der Waals surface area (Å²) in [6.45, 7) is 2.20. The smallest absolute Gasteiger partial charge is 0.325 e. The van der Waals surface area contributed by atoms with Gasteiger partial charge in [0.15, 0.2) is 0 Å². The summed E-state index contributed by atoms with van der Waals surface area (Å²) < 4.78 is 4.83. The third-order valence-corrected chi connectivity index (χ3v) is 2.37. The van der Waals surface area contributed by atoms with Crippen LogP contribution in [-0.2, 0) is 9.53 Å². The van der Waals surface area contributed by atoms with E-state index in [4.69, 9.17) is 10.5 Å². The summed E-state index contributed by atoms with van der Waals surface area (Å²) in [6, 6.07) is 5.34. The zero-order chi connectivity index (χ0) is 13.0. The van der Waals surface area contributed by atoms with Crippen LogP contribution in [0, 0.1) is 0 Å². The molecule has 2 rings (SSSR count). The van der Waals surface area contributed by atoms with Crippen molar-refractivity contribution in [1.82, 2.24) is 9.97 Å². The lowest BCUT2D eigenvalue weighted by Gasteiger charge is -2.08. The minimum Gasteiger partial charge on any atom is -0.465 e. The van der Waals surface area contributed by atoms with Crippen molar-refractivity contribution < 1.29 is 9.53 Å². The third kappa shape index (κ3) is 2.65. The molecule has 0 atom stereocenters. The molecule has 0 aliphatic heterocycles. The molecule has 0 unspecified atom stereocenters. The highest BCUT2D eigenvalue weighted by Gasteiger charge is 2.06. The van der Waals surface area contributed by atoms with Crippen molar-refractivity contribution in [3.8, 4) is 0 Å². The Bertz CT molecular complexity index is 571. The lowest BCUT2D eigenvalue weighted by atomic mass is 10.2. The summed E-state index contributed by atoms with van der Waals surface area (Å²) in [5, 5.41) is 3.74. The lowest BCUT2D eigenvalue weighted by molar-refractivity contribution is -0.140. The van der Waals surface area contributed by atoms with E-state index in [-0.39, 0.29) is 12.5 Å². The van der Waals surface area contributed by atoms with E-state index in [0.717, 1.165) is 10.9 Å². The van der Waals surface area contributed by atoms with Gasteiger partial charge in [-0.1, -0.05) is 0 Å². The number of ether oxygens (including phenoxy) is 1. The molecule has 2 aromatic rings. The standard InChI is InChI=1S/C12H14N4O2/c1-2-18-11(17)6-14-12-9-4-3-8(13)5-10(9)15-7-16-12/h3-5,7H,2,6,13H2,1H3,(H,14,15,16). The first-order chi connectivity index (χ1) is 8.70. The quantitative estimate of drug-likeness (QED) is 0.622. The van der Waals surface area contributed by atoms with Gasteiger partial charge in [-0.25, -0.2) is 9.97 Å². The Morgan fingerprint density at radius 3 is 3.06 bits per heavy atom. The predicted octanol–water partition coefficient (Wildman–Crippen LogP) is 1.19. The zero-order valence-corrected chi connectivity index (χ0v) is 10.0. The first-order valence-corrected chi connectivity index (χ1v) is 5.60. The van der Waals surface area contributed by atoms with Crippen molar-refractivity contribution in [2.24, 2.45) is 0 Å². The monoisotopic (exact) mass is 246 g/mol. The van der Waals surface area contributed by atoms with Gasteiger partial charge in [-0.2, -0.15) is 0 Å². The van der Waals surface area contributed by atoms with Gasteiger partial charge in [-0.3, -0.25) is 4.79 Å². The van der Waals surface area contributed by atoms with Gasteiger partial charge in [0.2, 0.25) is 0 Å². The number of carbonyl (C=O) groups excluding carboxylic acids is 1. The van der Waals surface area contributed by atoms with E-state index in [1.807, 2.05) is 6.07 Å². The summed E-state index contributed by atoms with van der Waals surface area (Å²) >= 11 is 0. The number of nitrogen functional groups attached to an aromatic ring is 1. The third-order valence-electron chi connectivity index (χ3n) is 2.37. The Morgan fingerprint density at radius 2 is 2.28 bits per heavy atom. The Balaban J connectivity index is 2.20. The van der Waals surface area contributed by atoms with E-state index >= 15 is 0 Å². The van der Waals surface area contributed by atoms with E-state index in [2.05, 4.69) is 15.3 Å². The average molecular weight is 246 g/mol. The molecule has 6 heteroatoms. The topological polar surface area (TPSA) is 90.1 Å². The molecular formula is C12H14N4O2. The van der Waals surface area contributed by atoms with E-state index < -0.39 is 0 Å². The fraction of sp³-hybridized carbons (Fsp3) is 0.250. The molecule has 0 fully saturated rings. The number of hydrogen-bond acceptors (Lipinski definition) is 6. The highest BCUT2D eigenvalue weighted by atomic mass is 16.5. The second-order valence-electron chi connectivity index (χ2n) is 3.66. The molecule has 0 saturated carbocycles. The molecule has 3 N–H and O–H groups in total. The molecule has 94 valence electrons. The van der Waals surface area contributed by atoms with Crippen LogP contribution in [0.5, 0.6) is 0 Å². The first-order valence-electron chi connectivity index (χ1n) is 5.60. The molecule has 0 radical (unpaired) electrons. The Kier molecular flexibility index (Phi) is 3.57. The minimum absolute atomic E-state index is 0.0737. The summed E-state index contributed by atoms with van der Waals surface area (Å²) in [5.74, 6) is 0.271. The van der Waals surface area contributed by atoms with Crippen molar-refractivity contribution >= 4 is 28.4 Å². The van der Waals surface area contributed by atoms with Gasteiger partial charge >= 0.3 is 5.97 Å². The fourth-order valence-corrected chi connectivity index (χ4v) is 1.58. The van der Waals surface area contributed by atoms with Crippen molar-refractivity contribution in [3.05, 3.63) is 24.5 Å². The number of nitrogens with two attached hydrogens (primary N) is 1. The number of benzene rings is 1. The predicted molar refractivity (Wildman–Crippen MR) is 69.1 cm³/mol. The van der Waals surface area contributed by atoms with Gasteiger partial charge in [0.1, 0.15) is 18.7 Å². The normalized spacial score (nSPS) is 10.3. The van der Waals surface area contributed by atoms with Gasteiger partial charge in [0.05, 0.1) is 12.1 Å². The van der Waals surface area contributed by atoms with Gasteiger partial charge in [-0.05, 0) is 25.1 Å². The number of nitrogens with one attached hydrogen (secondary N) is 1. The van der Waals surface area contributed by atoms with Crippen molar-refractivity contribution in [1.29, 1.82) is 0 Å². The molecule has 0 aliphatic carbocycles. The molecule has 6 nitrogen and oxygen atoms in total. The summed E-state index contributed by atoms with van der Waals surface area (Å²) in [7, 11) is 0. The second kappa shape index (κ2) is 5.31. The zero-order valence-electron chi connectivity index (χ0n) is 10.0. The van der Waals surface area contributed by atoms with Crippen molar-refractivity contribution in [3.63, 3.8) is 0 Å². The maximum atomic E-state index is 11.3. The second-order valence-corrected chi connectivity index (χ2v) is 3.66. The molecule has 0 bridgehead atoms. The molecule has 1 heterocycles. The number of anilines is 2. The summed E-state index contributed by atoms with van der Waals surface area (Å²) in [6.07, 6.45) is 1.43. The van der Waals surface area contributed by atoms with Crippen molar-refractivity contribution in [2.75, 3.05) is 24.2 Å². The maximum Gasteiger partial charge on any atom is 0.325 e. The number of nitrogens with zero attached hydrogens (tertiary/aromatic N) is 2. The van der Waals surface area contributed by atoms with Crippen molar-refractivity contribution in [2.45, 2.75) is 6.92 Å². The first kappa shape index (κ1) is 12.1. The highest BCUT2D eigenvalue weighted by Crippen LogP contribution is 2.20. The van der Waals surface area contributed by atoms with E-state index in [1.165, 1.54) is 6.33 Å². The van der Waals surface area contributed by atoms with Crippen LogP contribution >= 0.6 is 0 Å². The lowest BCUT2D eigenvalue weighted by Crippen LogP contribution is -2.17. The Morgan fingerprint density at radius 1 is 1.44 bits per heavy atom. The molecule has 0 saturated heterocycles. The number of esters is 1. The van der Waals surface area contributed by atoms with Gasteiger partial charge < -0.3 is 15.8 Å². The minimum atomic E-state index is -0.320. The highest BCUT2D eigenvalue weighted by molar-refractivity contribution is 5.91. The Labute approximate surface area is 104 Å². The Hall–Kier alpha value is -2.37. The molecular weight excluding hydrogens is 232 g/mol. The molecule has 0 spiro atoms. The maximum absolute atomic E-state index is 11.3. The van der Waals surface area contributed by atoms with E-state index in [0.29, 0.717) is 18.1 Å². The van der Waals surface area contributed by atoms with E-state index in [9.17, 15) is 4.79 Å².